The van der Waals surface area contributed by atoms with E-state index in [0.717, 1.165) is 18.0 Å². The second-order valence-corrected chi connectivity index (χ2v) is 6.75. The summed E-state index contributed by atoms with van der Waals surface area (Å²) < 4.78 is 1.20. The molecule has 2 N–H and O–H groups in total. The van der Waals surface area contributed by atoms with Gasteiger partial charge in [-0.25, -0.2) is 4.98 Å². The number of nitrogens with two attached hydrogens (primary N) is 1. The number of aromatic nitrogens is 1. The van der Waals surface area contributed by atoms with E-state index in [9.17, 15) is 0 Å². The molecule has 1 aliphatic heterocycles. The van der Waals surface area contributed by atoms with Crippen molar-refractivity contribution in [3.05, 3.63) is 23.8 Å². The van der Waals surface area contributed by atoms with Gasteiger partial charge in [0.25, 0.3) is 0 Å². The molecule has 0 radical (unpaired) electrons. The Morgan fingerprint density at radius 3 is 3.11 bits per heavy atom. The summed E-state index contributed by atoms with van der Waals surface area (Å²) in [7, 11) is 0. The maximum absolute atomic E-state index is 5.76. The van der Waals surface area contributed by atoms with Gasteiger partial charge in [-0.15, -0.1) is 0 Å². The van der Waals surface area contributed by atoms with Crippen molar-refractivity contribution in [3.63, 3.8) is 0 Å². The lowest BCUT2D eigenvalue weighted by atomic mass is 9.92. The summed E-state index contributed by atoms with van der Waals surface area (Å²) in [5, 5.41) is 0.659. The van der Waals surface area contributed by atoms with Crippen LogP contribution in [0.5, 0.6) is 0 Å². The highest BCUT2D eigenvalue weighted by Gasteiger charge is 2.24. The molecule has 0 aliphatic carbocycles. The molecule has 102 valence electrons. The van der Waals surface area contributed by atoms with E-state index in [1.807, 2.05) is 0 Å². The fourth-order valence-electron chi connectivity index (χ4n) is 2.96. The Morgan fingerprint density at radius 1 is 1.42 bits per heavy atom. The average Bonchev–Trinajstić information content (AvgIpc) is 2.74. The Morgan fingerprint density at radius 2 is 2.26 bits per heavy atom. The zero-order chi connectivity index (χ0) is 13.4. The second-order valence-electron chi connectivity index (χ2n) is 5.68. The zero-order valence-electron chi connectivity index (χ0n) is 11.6. The number of benzene rings is 1. The standard InChI is InChI=1S/C15H21N3S/c1-10-4-3-7-18(11(10)2)9-12-5-6-13-14(8-12)19-15(16)17-13/h5-6,8,10-11H,3-4,7,9H2,1-2H3,(H2,16,17). The van der Waals surface area contributed by atoms with Gasteiger partial charge < -0.3 is 5.73 Å². The van der Waals surface area contributed by atoms with Gasteiger partial charge >= 0.3 is 0 Å². The van der Waals surface area contributed by atoms with Gasteiger partial charge in [-0.05, 0) is 49.9 Å². The lowest BCUT2D eigenvalue weighted by Crippen LogP contribution is -2.41. The lowest BCUT2D eigenvalue weighted by Gasteiger charge is -2.37. The molecule has 2 aromatic rings. The minimum absolute atomic E-state index is 0.659. The number of piperidine rings is 1. The Kier molecular flexibility index (Phi) is 3.46. The highest BCUT2D eigenvalue weighted by molar-refractivity contribution is 7.22. The molecule has 0 bridgehead atoms. The van der Waals surface area contributed by atoms with E-state index in [1.54, 1.807) is 11.3 Å². The van der Waals surface area contributed by atoms with E-state index >= 15 is 0 Å². The molecule has 1 fully saturated rings. The summed E-state index contributed by atoms with van der Waals surface area (Å²) in [4.78, 5) is 6.91. The molecule has 3 nitrogen and oxygen atoms in total. The highest BCUT2D eigenvalue weighted by Crippen LogP contribution is 2.27. The lowest BCUT2D eigenvalue weighted by molar-refractivity contribution is 0.106. The highest BCUT2D eigenvalue weighted by atomic mass is 32.1. The molecule has 2 unspecified atom stereocenters. The van der Waals surface area contributed by atoms with Crippen LogP contribution in [0.2, 0.25) is 0 Å². The zero-order valence-corrected chi connectivity index (χ0v) is 12.4. The number of likely N-dealkylation sites (tertiary alicyclic amines) is 1. The van der Waals surface area contributed by atoms with Crippen LogP contribution in [0, 0.1) is 5.92 Å². The van der Waals surface area contributed by atoms with Crippen molar-refractivity contribution in [2.45, 2.75) is 39.3 Å². The van der Waals surface area contributed by atoms with Crippen LogP contribution in [0.4, 0.5) is 5.13 Å². The van der Waals surface area contributed by atoms with Crippen LogP contribution < -0.4 is 5.73 Å². The van der Waals surface area contributed by atoms with Crippen molar-refractivity contribution in [2.75, 3.05) is 12.3 Å². The minimum Gasteiger partial charge on any atom is -0.375 e. The number of hydrogen-bond donors (Lipinski definition) is 1. The third-order valence-electron chi connectivity index (χ3n) is 4.36. The number of anilines is 1. The van der Waals surface area contributed by atoms with E-state index in [-0.39, 0.29) is 0 Å². The van der Waals surface area contributed by atoms with Crippen molar-refractivity contribution < 1.29 is 0 Å². The largest absolute Gasteiger partial charge is 0.375 e. The smallest absolute Gasteiger partial charge is 0.181 e. The summed E-state index contributed by atoms with van der Waals surface area (Å²) in [6.45, 7) is 6.98. The predicted octanol–water partition coefficient (Wildman–Crippen LogP) is 3.50. The van der Waals surface area contributed by atoms with Crippen molar-refractivity contribution in [1.82, 2.24) is 9.88 Å². The van der Waals surface area contributed by atoms with Crippen LogP contribution in [-0.2, 0) is 6.54 Å². The summed E-state index contributed by atoms with van der Waals surface area (Å²) in [5.41, 5.74) is 8.15. The first-order valence-corrected chi connectivity index (χ1v) is 7.84. The van der Waals surface area contributed by atoms with Crippen LogP contribution in [-0.4, -0.2) is 22.5 Å². The molecule has 1 saturated heterocycles. The summed E-state index contributed by atoms with van der Waals surface area (Å²) in [6.07, 6.45) is 2.68. The molecule has 3 rings (SSSR count). The average molecular weight is 275 g/mol. The van der Waals surface area contributed by atoms with Gasteiger partial charge in [-0.1, -0.05) is 24.3 Å². The van der Waals surface area contributed by atoms with Gasteiger partial charge in [-0.3, -0.25) is 4.90 Å². The molecule has 0 saturated carbocycles. The van der Waals surface area contributed by atoms with Gasteiger partial charge in [0, 0.05) is 12.6 Å². The number of hydrogen-bond acceptors (Lipinski definition) is 4. The number of rotatable bonds is 2. The van der Waals surface area contributed by atoms with E-state index in [1.165, 1.54) is 29.6 Å². The Bertz CT molecular complexity index is 578. The third-order valence-corrected chi connectivity index (χ3v) is 5.21. The van der Waals surface area contributed by atoms with Crippen LogP contribution in [0.25, 0.3) is 10.2 Å². The van der Waals surface area contributed by atoms with E-state index in [4.69, 9.17) is 5.73 Å². The quantitative estimate of drug-likeness (QED) is 0.912. The molecule has 2 atom stereocenters. The SMILES string of the molecule is CC1CCCN(Cc2ccc3nc(N)sc3c2)C1C. The number of nitrogens with zero attached hydrogens (tertiary/aromatic N) is 2. The topological polar surface area (TPSA) is 42.2 Å². The van der Waals surface area contributed by atoms with Crippen LogP contribution in [0.3, 0.4) is 0 Å². The minimum atomic E-state index is 0.659. The molecule has 1 aliphatic rings. The Balaban J connectivity index is 1.80. The Hall–Kier alpha value is -1.13. The first-order chi connectivity index (χ1) is 9.13. The van der Waals surface area contributed by atoms with E-state index in [2.05, 4.69) is 41.9 Å². The second kappa shape index (κ2) is 5.10. The van der Waals surface area contributed by atoms with Gasteiger partial charge in [0.15, 0.2) is 5.13 Å². The molecule has 1 aromatic heterocycles. The number of nitrogen functional groups attached to an aromatic ring is 1. The summed E-state index contributed by atoms with van der Waals surface area (Å²) in [5.74, 6) is 0.802. The molecule has 4 heteroatoms. The third kappa shape index (κ3) is 2.60. The fourth-order valence-corrected chi connectivity index (χ4v) is 3.76. The first kappa shape index (κ1) is 12.9. The molecule has 19 heavy (non-hydrogen) atoms. The van der Waals surface area contributed by atoms with Crippen LogP contribution >= 0.6 is 11.3 Å². The van der Waals surface area contributed by atoms with Crippen LogP contribution in [0.15, 0.2) is 18.2 Å². The van der Waals surface area contributed by atoms with E-state index < -0.39 is 0 Å². The van der Waals surface area contributed by atoms with Gasteiger partial charge in [0.05, 0.1) is 10.2 Å². The molecule has 1 aromatic carbocycles. The maximum Gasteiger partial charge on any atom is 0.181 e. The van der Waals surface area contributed by atoms with Crippen LogP contribution in [0.1, 0.15) is 32.3 Å². The molecule has 0 spiro atoms. The summed E-state index contributed by atoms with van der Waals surface area (Å²) >= 11 is 1.58. The first-order valence-electron chi connectivity index (χ1n) is 7.02. The summed E-state index contributed by atoms with van der Waals surface area (Å²) in [6, 6.07) is 7.20. The number of fused-ring (bicyclic) bond motifs is 1. The van der Waals surface area contributed by atoms with Crippen molar-refractivity contribution in [3.8, 4) is 0 Å². The van der Waals surface area contributed by atoms with Crippen molar-refractivity contribution >= 4 is 26.7 Å². The predicted molar refractivity (Wildman–Crippen MR) is 82.3 cm³/mol. The molecule has 0 amide bonds. The molecular formula is C15H21N3S. The van der Waals surface area contributed by atoms with Crippen molar-refractivity contribution in [2.24, 2.45) is 5.92 Å². The fraction of sp³-hybridized carbons (Fsp3) is 0.533. The van der Waals surface area contributed by atoms with Gasteiger partial charge in [0.1, 0.15) is 0 Å². The van der Waals surface area contributed by atoms with Crippen molar-refractivity contribution in [1.29, 1.82) is 0 Å². The Labute approximate surface area is 118 Å². The maximum atomic E-state index is 5.76. The number of thiazole rings is 1. The van der Waals surface area contributed by atoms with Gasteiger partial charge in [0.2, 0.25) is 0 Å². The monoisotopic (exact) mass is 275 g/mol. The van der Waals surface area contributed by atoms with E-state index in [0.29, 0.717) is 11.2 Å². The van der Waals surface area contributed by atoms with Gasteiger partial charge in [-0.2, -0.15) is 0 Å². The molecular weight excluding hydrogens is 254 g/mol. The normalized spacial score (nSPS) is 24.9. The molecule has 2 heterocycles.